The summed E-state index contributed by atoms with van der Waals surface area (Å²) >= 11 is 7.84. The number of carbonyl (C=O) groups excluding carboxylic acids is 1. The number of hydrogen-bond acceptors (Lipinski definition) is 8. The Balaban J connectivity index is 1.47. The van der Waals surface area contributed by atoms with Crippen molar-refractivity contribution in [3.05, 3.63) is 52.6 Å². The van der Waals surface area contributed by atoms with Gasteiger partial charge in [0, 0.05) is 0 Å². The van der Waals surface area contributed by atoms with Crippen LogP contribution in [0.3, 0.4) is 0 Å². The van der Waals surface area contributed by atoms with E-state index in [0.29, 0.717) is 38.8 Å². The Morgan fingerprint density at radius 1 is 1.08 bits per heavy atom. The van der Waals surface area contributed by atoms with Crippen molar-refractivity contribution in [1.29, 1.82) is 5.41 Å². The third-order valence-corrected chi connectivity index (χ3v) is 6.71. The molecule has 2 aliphatic rings. The SMILES string of the molecule is CCCCC1=NN2C(=N)/C(=C/c3cc(Cl)c(OCCOc4ccccc4OC)c(OC)c3)C(=O)N=C2S1. The summed E-state index contributed by atoms with van der Waals surface area (Å²) in [5.74, 6) is 1.44. The number of halogens is 1. The monoisotopic (exact) mass is 542 g/mol. The Morgan fingerprint density at radius 3 is 2.54 bits per heavy atom. The first-order valence-corrected chi connectivity index (χ1v) is 12.9. The number of benzene rings is 2. The number of thioether (sulfide) groups is 1. The molecule has 0 atom stereocenters. The molecule has 9 nitrogen and oxygen atoms in total. The topological polar surface area (TPSA) is 106 Å². The molecule has 0 spiro atoms. The minimum atomic E-state index is -0.500. The Bertz CT molecular complexity index is 1290. The van der Waals surface area contributed by atoms with Gasteiger partial charge in [-0.1, -0.05) is 37.1 Å². The zero-order valence-electron chi connectivity index (χ0n) is 20.7. The zero-order valence-corrected chi connectivity index (χ0v) is 22.3. The van der Waals surface area contributed by atoms with Crippen LogP contribution in [0.5, 0.6) is 23.0 Å². The van der Waals surface area contributed by atoms with E-state index in [2.05, 4.69) is 17.0 Å². The number of rotatable bonds is 11. The Labute approximate surface area is 224 Å². The molecule has 1 amide bonds. The number of hydrogen-bond donors (Lipinski definition) is 1. The molecular weight excluding hydrogens is 516 g/mol. The maximum Gasteiger partial charge on any atom is 0.283 e. The molecule has 0 aliphatic carbocycles. The van der Waals surface area contributed by atoms with Crippen LogP contribution in [0.1, 0.15) is 31.7 Å². The number of amides is 1. The van der Waals surface area contributed by atoms with E-state index in [1.165, 1.54) is 23.9 Å². The van der Waals surface area contributed by atoms with Gasteiger partial charge in [-0.05, 0) is 60.5 Å². The molecule has 0 fully saturated rings. The molecule has 11 heteroatoms. The summed E-state index contributed by atoms with van der Waals surface area (Å²) in [5.41, 5.74) is 0.676. The van der Waals surface area contributed by atoms with E-state index in [1.54, 1.807) is 25.3 Å². The van der Waals surface area contributed by atoms with Gasteiger partial charge >= 0.3 is 0 Å². The number of nitrogens with zero attached hydrogens (tertiary/aromatic N) is 3. The summed E-state index contributed by atoms with van der Waals surface area (Å²) in [5, 5.41) is 16.0. The number of methoxy groups -OCH3 is 2. The van der Waals surface area contributed by atoms with Crippen molar-refractivity contribution in [3.8, 4) is 23.0 Å². The average molecular weight is 543 g/mol. The molecule has 2 aromatic carbocycles. The van der Waals surface area contributed by atoms with Gasteiger partial charge in [0.15, 0.2) is 28.8 Å². The number of aliphatic imine (C=N–C) groups is 1. The van der Waals surface area contributed by atoms with E-state index in [0.717, 1.165) is 24.3 Å². The fraction of sp³-hybridized carbons (Fsp3) is 0.308. The van der Waals surface area contributed by atoms with Crippen molar-refractivity contribution in [2.75, 3.05) is 27.4 Å². The maximum atomic E-state index is 12.7. The summed E-state index contributed by atoms with van der Waals surface area (Å²) in [7, 11) is 3.08. The highest BCUT2D eigenvalue weighted by Crippen LogP contribution is 2.38. The number of hydrazone groups is 1. The molecular formula is C26H27ClN4O5S. The van der Waals surface area contributed by atoms with Gasteiger partial charge in [0.1, 0.15) is 18.3 Å². The quantitative estimate of drug-likeness (QED) is 0.290. The lowest BCUT2D eigenvalue weighted by molar-refractivity contribution is -0.114. The van der Waals surface area contributed by atoms with Crippen molar-refractivity contribution < 1.29 is 23.7 Å². The molecule has 0 saturated heterocycles. The molecule has 2 aromatic rings. The minimum Gasteiger partial charge on any atom is -0.493 e. The van der Waals surface area contributed by atoms with Crippen LogP contribution in [-0.4, -0.2) is 54.4 Å². The number of fused-ring (bicyclic) bond motifs is 1. The third kappa shape index (κ3) is 6.08. The van der Waals surface area contributed by atoms with Crippen LogP contribution in [0.15, 0.2) is 52.1 Å². The summed E-state index contributed by atoms with van der Waals surface area (Å²) in [6, 6.07) is 10.7. The van der Waals surface area contributed by atoms with E-state index in [-0.39, 0.29) is 24.6 Å². The predicted octanol–water partition coefficient (Wildman–Crippen LogP) is 5.62. The van der Waals surface area contributed by atoms with E-state index >= 15 is 0 Å². The molecule has 0 bridgehead atoms. The molecule has 194 valence electrons. The Hall–Kier alpha value is -3.50. The van der Waals surface area contributed by atoms with Gasteiger partial charge in [0.05, 0.1) is 24.8 Å². The van der Waals surface area contributed by atoms with Crippen molar-refractivity contribution in [2.45, 2.75) is 26.2 Å². The van der Waals surface area contributed by atoms with Crippen molar-refractivity contribution in [1.82, 2.24) is 5.01 Å². The van der Waals surface area contributed by atoms with E-state index in [1.807, 2.05) is 24.3 Å². The van der Waals surface area contributed by atoms with Crippen LogP contribution in [0.2, 0.25) is 5.02 Å². The molecule has 4 rings (SSSR count). The highest BCUT2D eigenvalue weighted by molar-refractivity contribution is 8.26. The second-order valence-corrected chi connectivity index (χ2v) is 9.45. The number of amidine groups is 2. The zero-order chi connectivity index (χ0) is 26.4. The van der Waals surface area contributed by atoms with Crippen LogP contribution >= 0.6 is 23.4 Å². The Morgan fingerprint density at radius 2 is 1.81 bits per heavy atom. The Kier molecular flexibility index (Phi) is 8.73. The van der Waals surface area contributed by atoms with Gasteiger partial charge < -0.3 is 18.9 Å². The fourth-order valence-corrected chi connectivity index (χ4v) is 4.82. The first-order valence-electron chi connectivity index (χ1n) is 11.7. The highest BCUT2D eigenvalue weighted by atomic mass is 35.5. The number of unbranched alkanes of at least 4 members (excludes halogenated alkanes) is 1. The molecule has 2 heterocycles. The van der Waals surface area contributed by atoms with E-state index in [9.17, 15) is 4.79 Å². The molecule has 0 aromatic heterocycles. The number of ether oxygens (including phenoxy) is 4. The van der Waals surface area contributed by atoms with Gasteiger partial charge in [0.2, 0.25) is 5.17 Å². The first kappa shape index (κ1) is 26.6. The lowest BCUT2D eigenvalue weighted by atomic mass is 10.1. The third-order valence-electron chi connectivity index (χ3n) is 5.46. The fourth-order valence-electron chi connectivity index (χ4n) is 3.62. The number of nitrogens with one attached hydrogen (secondary N) is 1. The normalized spacial score (nSPS) is 15.9. The summed E-state index contributed by atoms with van der Waals surface area (Å²) in [6.45, 7) is 2.57. The van der Waals surface area contributed by atoms with Crippen molar-refractivity contribution >= 4 is 51.4 Å². The maximum absolute atomic E-state index is 12.7. The second-order valence-electron chi connectivity index (χ2n) is 8.00. The van der Waals surface area contributed by atoms with Crippen molar-refractivity contribution in [3.63, 3.8) is 0 Å². The molecule has 2 aliphatic heterocycles. The molecule has 0 saturated carbocycles. The lowest BCUT2D eigenvalue weighted by Gasteiger charge is -2.20. The second kappa shape index (κ2) is 12.2. The van der Waals surface area contributed by atoms with Crippen molar-refractivity contribution in [2.24, 2.45) is 10.1 Å². The summed E-state index contributed by atoms with van der Waals surface area (Å²) < 4.78 is 22.3. The van der Waals surface area contributed by atoms with E-state index in [4.69, 9.17) is 36.0 Å². The first-order chi connectivity index (χ1) is 17.9. The smallest absolute Gasteiger partial charge is 0.283 e. The number of carbonyl (C=O) groups is 1. The van der Waals surface area contributed by atoms with E-state index < -0.39 is 5.91 Å². The lowest BCUT2D eigenvalue weighted by Crippen LogP contribution is -2.35. The van der Waals surface area contributed by atoms with Gasteiger partial charge in [-0.2, -0.15) is 15.1 Å². The van der Waals surface area contributed by atoms with Crippen LogP contribution in [0.25, 0.3) is 6.08 Å². The van der Waals surface area contributed by atoms with Gasteiger partial charge in [-0.3, -0.25) is 10.2 Å². The van der Waals surface area contributed by atoms with Crippen LogP contribution in [-0.2, 0) is 4.79 Å². The minimum absolute atomic E-state index is 0.0297. The molecule has 0 unspecified atom stereocenters. The average Bonchev–Trinajstić information content (AvgIpc) is 3.31. The predicted molar refractivity (Wildman–Crippen MR) is 147 cm³/mol. The number of para-hydroxylation sites is 2. The molecule has 37 heavy (non-hydrogen) atoms. The van der Waals surface area contributed by atoms with Crippen LogP contribution < -0.4 is 18.9 Å². The molecule has 0 radical (unpaired) electrons. The molecule has 1 N–H and O–H groups in total. The summed E-state index contributed by atoms with van der Waals surface area (Å²) in [6.07, 6.45) is 4.36. The van der Waals surface area contributed by atoms with Crippen LogP contribution in [0, 0.1) is 5.41 Å². The highest BCUT2D eigenvalue weighted by Gasteiger charge is 2.35. The van der Waals surface area contributed by atoms with Gasteiger partial charge in [-0.15, -0.1) is 0 Å². The largest absolute Gasteiger partial charge is 0.493 e. The van der Waals surface area contributed by atoms with Gasteiger partial charge in [0.25, 0.3) is 5.91 Å². The standard InChI is InChI=1S/C26H27ClN4O5S/c1-4-5-10-22-30-31-24(28)17(25(32)29-26(31)37-22)13-16-14-18(27)23(21(15-16)34-3)36-12-11-35-20-9-7-6-8-19(20)33-2/h6-9,13-15,28H,4-5,10-12H2,1-3H3/b17-13-,28-24?. The van der Waals surface area contributed by atoms with Gasteiger partial charge in [-0.25, -0.2) is 0 Å². The summed E-state index contributed by atoms with van der Waals surface area (Å²) in [4.78, 5) is 16.8. The van der Waals surface area contributed by atoms with Crippen LogP contribution in [0.4, 0.5) is 0 Å².